The highest BCUT2D eigenvalue weighted by Crippen LogP contribution is 2.08. The molecule has 0 unspecified atom stereocenters. The summed E-state index contributed by atoms with van der Waals surface area (Å²) in [5.74, 6) is -1.08. The average molecular weight is 360 g/mol. The van der Waals surface area contributed by atoms with E-state index in [0.717, 1.165) is 0 Å². The Morgan fingerprint density at radius 3 is 2.23 bits per heavy atom. The second-order valence-electron chi connectivity index (χ2n) is 6.28. The van der Waals surface area contributed by atoms with E-state index in [-0.39, 0.29) is 18.6 Å². The number of ether oxygens (including phenoxy) is 1. The third-order valence-corrected chi connectivity index (χ3v) is 3.29. The van der Waals surface area contributed by atoms with E-state index >= 15 is 0 Å². The number of rotatable bonds is 7. The lowest BCUT2D eigenvalue weighted by molar-refractivity contribution is -0.126. The number of amides is 3. The summed E-state index contributed by atoms with van der Waals surface area (Å²) >= 11 is 0. The van der Waals surface area contributed by atoms with Crippen molar-refractivity contribution in [2.75, 3.05) is 11.9 Å². The predicted octanol–water partition coefficient (Wildman–Crippen LogP) is 1.77. The summed E-state index contributed by atoms with van der Waals surface area (Å²) in [7, 11) is 0. The van der Waals surface area contributed by atoms with Gasteiger partial charge in [-0.15, -0.1) is 0 Å². The molecule has 1 rings (SSSR count). The van der Waals surface area contributed by atoms with Crippen molar-refractivity contribution in [1.29, 1.82) is 5.26 Å². The number of benzene rings is 1. The van der Waals surface area contributed by atoms with Crippen LogP contribution < -0.4 is 16.0 Å². The second-order valence-corrected chi connectivity index (χ2v) is 6.28. The molecule has 1 atom stereocenters. The van der Waals surface area contributed by atoms with Gasteiger partial charge in [0.1, 0.15) is 6.04 Å². The molecule has 140 valence electrons. The van der Waals surface area contributed by atoms with E-state index in [1.165, 1.54) is 0 Å². The van der Waals surface area contributed by atoms with Crippen molar-refractivity contribution in [2.24, 2.45) is 5.92 Å². The number of hydrogen-bond acceptors (Lipinski definition) is 5. The fourth-order valence-corrected chi connectivity index (χ4v) is 2.02. The molecular weight excluding hydrogens is 336 g/mol. The lowest BCUT2D eigenvalue weighted by atomic mass is 10.0. The van der Waals surface area contributed by atoms with E-state index in [1.807, 2.05) is 6.07 Å². The van der Waals surface area contributed by atoms with E-state index in [0.29, 0.717) is 11.3 Å². The first-order valence-electron chi connectivity index (χ1n) is 8.27. The van der Waals surface area contributed by atoms with Gasteiger partial charge in [-0.2, -0.15) is 5.26 Å². The zero-order valence-corrected chi connectivity index (χ0v) is 15.3. The van der Waals surface area contributed by atoms with Gasteiger partial charge < -0.3 is 20.7 Å². The molecule has 0 heterocycles. The van der Waals surface area contributed by atoms with Gasteiger partial charge in [-0.1, -0.05) is 13.8 Å². The van der Waals surface area contributed by atoms with E-state index in [1.54, 1.807) is 52.0 Å². The Kier molecular flexibility index (Phi) is 8.09. The van der Waals surface area contributed by atoms with Gasteiger partial charge in [0.15, 0.2) is 0 Å². The summed E-state index contributed by atoms with van der Waals surface area (Å²) in [5.41, 5.74) is 0.998. The summed E-state index contributed by atoms with van der Waals surface area (Å²) in [5, 5.41) is 16.3. The fourth-order valence-electron chi connectivity index (χ4n) is 2.02. The van der Waals surface area contributed by atoms with Gasteiger partial charge in [0.05, 0.1) is 24.3 Å². The molecule has 8 nitrogen and oxygen atoms in total. The molecule has 0 spiro atoms. The third-order valence-electron chi connectivity index (χ3n) is 3.29. The van der Waals surface area contributed by atoms with E-state index in [4.69, 9.17) is 10.00 Å². The van der Waals surface area contributed by atoms with Crippen LogP contribution in [0.5, 0.6) is 0 Å². The van der Waals surface area contributed by atoms with Gasteiger partial charge in [0, 0.05) is 5.69 Å². The number of carbonyl (C=O) groups is 3. The summed E-state index contributed by atoms with van der Waals surface area (Å²) in [6, 6.07) is 7.51. The van der Waals surface area contributed by atoms with Crippen molar-refractivity contribution < 1.29 is 19.1 Å². The van der Waals surface area contributed by atoms with Crippen LogP contribution in [0.15, 0.2) is 24.3 Å². The molecule has 0 fully saturated rings. The number of alkyl carbamates (subject to hydrolysis) is 1. The van der Waals surface area contributed by atoms with Crippen molar-refractivity contribution in [3.63, 3.8) is 0 Å². The molecule has 0 saturated heterocycles. The van der Waals surface area contributed by atoms with Crippen molar-refractivity contribution in [2.45, 2.75) is 39.8 Å². The maximum atomic E-state index is 12.2. The molecule has 0 radical (unpaired) electrons. The standard InChI is InChI=1S/C18H24N4O4/c1-11(2)16(22-18(25)26-12(3)4)17(24)20-10-15(23)21-14-7-5-13(9-19)6-8-14/h5-8,11-12,16H,10H2,1-4H3,(H,20,24)(H,21,23)(H,22,25)/t16-/m0/s1. The quantitative estimate of drug-likeness (QED) is 0.684. The Bertz CT molecular complexity index is 677. The van der Waals surface area contributed by atoms with Gasteiger partial charge in [0.25, 0.3) is 0 Å². The molecule has 0 saturated carbocycles. The highest BCUT2D eigenvalue weighted by molar-refractivity contribution is 5.95. The predicted molar refractivity (Wildman–Crippen MR) is 96.2 cm³/mol. The van der Waals surface area contributed by atoms with Crippen LogP contribution in [0, 0.1) is 17.2 Å². The molecule has 0 aliphatic carbocycles. The normalized spacial score (nSPS) is 11.4. The molecule has 3 amide bonds. The number of hydrogen-bond donors (Lipinski definition) is 3. The second kappa shape index (κ2) is 10.0. The monoisotopic (exact) mass is 360 g/mol. The van der Waals surface area contributed by atoms with Crippen molar-refractivity contribution in [3.05, 3.63) is 29.8 Å². The van der Waals surface area contributed by atoms with E-state index in [9.17, 15) is 14.4 Å². The fraction of sp³-hybridized carbons (Fsp3) is 0.444. The highest BCUT2D eigenvalue weighted by Gasteiger charge is 2.25. The maximum Gasteiger partial charge on any atom is 0.408 e. The van der Waals surface area contributed by atoms with Gasteiger partial charge in [-0.3, -0.25) is 9.59 Å². The largest absolute Gasteiger partial charge is 0.447 e. The zero-order valence-electron chi connectivity index (χ0n) is 15.3. The molecule has 1 aromatic rings. The van der Waals surface area contributed by atoms with Crippen LogP contribution in [0.1, 0.15) is 33.3 Å². The summed E-state index contributed by atoms with van der Waals surface area (Å²) in [6.07, 6.45) is -0.986. The Hall–Kier alpha value is -3.08. The van der Waals surface area contributed by atoms with Gasteiger partial charge in [-0.25, -0.2) is 4.79 Å². The topological polar surface area (TPSA) is 120 Å². The van der Waals surface area contributed by atoms with Crippen LogP contribution in [0.4, 0.5) is 10.5 Å². The third kappa shape index (κ3) is 7.21. The number of anilines is 1. The first-order chi connectivity index (χ1) is 12.2. The molecule has 1 aromatic carbocycles. The van der Waals surface area contributed by atoms with Crippen LogP contribution >= 0.6 is 0 Å². The number of nitrogens with one attached hydrogen (secondary N) is 3. The van der Waals surface area contributed by atoms with Gasteiger partial charge in [-0.05, 0) is 44.0 Å². The molecule has 0 aliphatic heterocycles. The Labute approximate surface area is 152 Å². The van der Waals surface area contributed by atoms with Crippen molar-refractivity contribution in [1.82, 2.24) is 10.6 Å². The lowest BCUT2D eigenvalue weighted by Crippen LogP contribution is -2.51. The summed E-state index contributed by atoms with van der Waals surface area (Å²) in [4.78, 5) is 35.9. The van der Waals surface area contributed by atoms with Crippen molar-refractivity contribution in [3.8, 4) is 6.07 Å². The van der Waals surface area contributed by atoms with Crippen LogP contribution in [0.25, 0.3) is 0 Å². The number of nitriles is 1. The Morgan fingerprint density at radius 1 is 1.12 bits per heavy atom. The van der Waals surface area contributed by atoms with Crippen LogP contribution in [-0.2, 0) is 14.3 Å². The molecule has 0 bridgehead atoms. The Balaban J connectivity index is 2.54. The van der Waals surface area contributed by atoms with Crippen molar-refractivity contribution >= 4 is 23.6 Å². The number of carbonyl (C=O) groups excluding carboxylic acids is 3. The van der Waals surface area contributed by atoms with Gasteiger partial charge in [0.2, 0.25) is 11.8 Å². The van der Waals surface area contributed by atoms with Crippen LogP contribution in [0.3, 0.4) is 0 Å². The average Bonchev–Trinajstić information content (AvgIpc) is 2.57. The maximum absolute atomic E-state index is 12.2. The van der Waals surface area contributed by atoms with Crippen LogP contribution in [0.2, 0.25) is 0 Å². The SMILES string of the molecule is CC(C)OC(=O)N[C@H](C(=O)NCC(=O)Nc1ccc(C#N)cc1)C(C)C. The highest BCUT2D eigenvalue weighted by atomic mass is 16.6. The van der Waals surface area contributed by atoms with E-state index in [2.05, 4.69) is 16.0 Å². The smallest absolute Gasteiger partial charge is 0.408 e. The Morgan fingerprint density at radius 2 is 1.73 bits per heavy atom. The molecular formula is C18H24N4O4. The van der Waals surface area contributed by atoms with Crippen LogP contribution in [-0.4, -0.2) is 36.6 Å². The molecule has 3 N–H and O–H groups in total. The minimum Gasteiger partial charge on any atom is -0.447 e. The van der Waals surface area contributed by atoms with E-state index < -0.39 is 23.9 Å². The first-order valence-corrected chi connectivity index (χ1v) is 8.27. The van der Waals surface area contributed by atoms with Gasteiger partial charge >= 0.3 is 6.09 Å². The molecule has 26 heavy (non-hydrogen) atoms. The molecule has 0 aliphatic rings. The summed E-state index contributed by atoms with van der Waals surface area (Å²) < 4.78 is 4.97. The minimum absolute atomic E-state index is 0.184. The minimum atomic E-state index is -0.816. The molecule has 0 aromatic heterocycles. The molecule has 8 heteroatoms. The first kappa shape index (κ1) is 21.0. The zero-order chi connectivity index (χ0) is 19.7. The number of nitrogens with zero attached hydrogens (tertiary/aromatic N) is 1. The lowest BCUT2D eigenvalue weighted by Gasteiger charge is -2.22. The summed E-state index contributed by atoms with van der Waals surface area (Å²) in [6.45, 7) is 6.71.